The Morgan fingerprint density at radius 1 is 0.706 bits per heavy atom. The Labute approximate surface area is 199 Å². The van der Waals surface area contributed by atoms with Gasteiger partial charge in [0, 0.05) is 13.1 Å². The molecular weight excluding hydrogens is 464 g/mol. The van der Waals surface area contributed by atoms with Crippen LogP contribution in [0.2, 0.25) is 0 Å². The lowest BCUT2D eigenvalue weighted by Crippen LogP contribution is -2.08. The van der Waals surface area contributed by atoms with Crippen molar-refractivity contribution < 1.29 is 14.2 Å². The molecule has 1 atom stereocenters. The molecule has 0 aliphatic heterocycles. The Kier molecular flexibility index (Phi) is 7.15. The van der Waals surface area contributed by atoms with Gasteiger partial charge in [-0.2, -0.15) is 12.6 Å². The van der Waals surface area contributed by atoms with Crippen molar-refractivity contribution in [1.82, 2.24) is 59.9 Å². The van der Waals surface area contributed by atoms with E-state index in [9.17, 15) is 0 Å². The Morgan fingerprint density at radius 3 is 1.53 bits per heavy atom. The molecule has 0 aliphatic rings. The zero-order valence-corrected chi connectivity index (χ0v) is 19.9. The highest BCUT2D eigenvalue weighted by Gasteiger charge is 2.14. The van der Waals surface area contributed by atoms with Crippen LogP contribution >= 0.6 is 12.6 Å². The zero-order valence-electron chi connectivity index (χ0n) is 19.0. The quantitative estimate of drug-likeness (QED) is 0.298. The second-order valence-corrected chi connectivity index (χ2v) is 8.29. The molecule has 0 fully saturated rings. The van der Waals surface area contributed by atoms with E-state index in [0.29, 0.717) is 17.1 Å². The fraction of sp³-hybridized carbons (Fsp3) is 0.500. The summed E-state index contributed by atoms with van der Waals surface area (Å²) in [6, 6.07) is 0.191. The first-order valence-corrected chi connectivity index (χ1v) is 10.9. The number of aromatic nitrogens is 12. The first kappa shape index (κ1) is 23.3. The van der Waals surface area contributed by atoms with Crippen LogP contribution in [-0.2, 0) is 26.9 Å². The number of nitrogens with zero attached hydrogens (tertiary/aromatic N) is 12. The van der Waals surface area contributed by atoms with Crippen LogP contribution in [0.5, 0.6) is 18.0 Å². The summed E-state index contributed by atoms with van der Waals surface area (Å²) in [5.74, 6) is 0. The monoisotopic (exact) mass is 488 g/mol. The van der Waals surface area contributed by atoms with Crippen LogP contribution in [0, 0.1) is 0 Å². The Bertz CT molecular complexity index is 1150. The molecule has 0 aromatic carbocycles. The summed E-state index contributed by atoms with van der Waals surface area (Å²) in [5.41, 5.74) is 1.81. The number of aryl methyl sites for hydroxylation is 1. The van der Waals surface area contributed by atoms with Crippen molar-refractivity contribution in [3.8, 4) is 18.0 Å². The van der Waals surface area contributed by atoms with Crippen molar-refractivity contribution in [1.29, 1.82) is 0 Å². The molecule has 4 aromatic rings. The molecule has 4 aromatic heterocycles. The van der Waals surface area contributed by atoms with E-state index in [1.165, 1.54) is 0 Å². The standard InChI is InChI=1S/C18H24N12O3S/c1-11(2)29-6-14(23-26-29)9-32-17-19-16(31-8-13-5-28(4)25-22-13)20-18(21-17)33-10-15-7-30(12(3)34)27-24-15/h5-7,11-12,34H,8-10H2,1-4H3. The molecule has 0 spiro atoms. The average Bonchev–Trinajstić information content (AvgIpc) is 3.56. The van der Waals surface area contributed by atoms with Crippen LogP contribution in [0.25, 0.3) is 0 Å². The van der Waals surface area contributed by atoms with Gasteiger partial charge in [-0.05, 0) is 20.8 Å². The molecule has 0 saturated heterocycles. The van der Waals surface area contributed by atoms with E-state index >= 15 is 0 Å². The third-order valence-corrected chi connectivity index (χ3v) is 4.54. The van der Waals surface area contributed by atoms with Crippen LogP contribution in [0.1, 0.15) is 49.3 Å². The van der Waals surface area contributed by atoms with Crippen LogP contribution < -0.4 is 14.2 Å². The lowest BCUT2D eigenvalue weighted by molar-refractivity contribution is 0.219. The molecule has 0 aliphatic carbocycles. The largest absolute Gasteiger partial charge is 0.457 e. The maximum atomic E-state index is 5.70. The fourth-order valence-electron chi connectivity index (χ4n) is 2.59. The first-order chi connectivity index (χ1) is 16.4. The van der Waals surface area contributed by atoms with Gasteiger partial charge >= 0.3 is 18.0 Å². The van der Waals surface area contributed by atoms with Gasteiger partial charge in [0.2, 0.25) is 0 Å². The zero-order chi connectivity index (χ0) is 24.1. The Hall–Kier alpha value is -3.82. The molecule has 0 saturated carbocycles. The van der Waals surface area contributed by atoms with E-state index in [0.717, 1.165) is 0 Å². The molecular formula is C18H24N12O3S. The van der Waals surface area contributed by atoms with Crippen molar-refractivity contribution in [3.63, 3.8) is 0 Å². The first-order valence-electron chi connectivity index (χ1n) is 10.3. The van der Waals surface area contributed by atoms with E-state index in [1.807, 2.05) is 20.8 Å². The molecule has 34 heavy (non-hydrogen) atoms. The van der Waals surface area contributed by atoms with E-state index < -0.39 is 0 Å². The topological polar surface area (TPSA) is 158 Å². The van der Waals surface area contributed by atoms with Crippen LogP contribution in [0.4, 0.5) is 0 Å². The molecule has 0 radical (unpaired) electrons. The van der Waals surface area contributed by atoms with E-state index in [-0.39, 0.29) is 49.3 Å². The highest BCUT2D eigenvalue weighted by Crippen LogP contribution is 2.18. The summed E-state index contributed by atoms with van der Waals surface area (Å²) in [7, 11) is 1.76. The molecule has 0 amide bonds. The van der Waals surface area contributed by atoms with Crippen molar-refractivity contribution >= 4 is 12.6 Å². The van der Waals surface area contributed by atoms with Crippen molar-refractivity contribution in [2.45, 2.75) is 52.0 Å². The highest BCUT2D eigenvalue weighted by molar-refractivity contribution is 7.80. The summed E-state index contributed by atoms with van der Waals surface area (Å²) in [6.45, 7) is 6.17. The molecule has 180 valence electrons. The molecule has 15 nitrogen and oxygen atoms in total. The van der Waals surface area contributed by atoms with Gasteiger partial charge in [-0.15, -0.1) is 30.2 Å². The van der Waals surface area contributed by atoms with Gasteiger partial charge in [0.25, 0.3) is 0 Å². The third-order valence-electron chi connectivity index (χ3n) is 4.30. The molecule has 1 unspecified atom stereocenters. The average molecular weight is 489 g/mol. The summed E-state index contributed by atoms with van der Waals surface area (Å²) in [6.07, 6.45) is 5.24. The van der Waals surface area contributed by atoms with Crippen LogP contribution in [-0.4, -0.2) is 59.9 Å². The maximum Gasteiger partial charge on any atom is 0.326 e. The summed E-state index contributed by atoms with van der Waals surface area (Å²) >= 11 is 4.32. The van der Waals surface area contributed by atoms with E-state index in [2.05, 4.69) is 58.5 Å². The third kappa shape index (κ3) is 6.15. The van der Waals surface area contributed by atoms with Gasteiger partial charge in [-0.25, -0.2) is 9.36 Å². The van der Waals surface area contributed by atoms with Gasteiger partial charge < -0.3 is 14.2 Å². The summed E-state index contributed by atoms with van der Waals surface area (Å²) < 4.78 is 21.9. The Balaban J connectivity index is 1.47. The smallest absolute Gasteiger partial charge is 0.326 e. The molecule has 4 heterocycles. The maximum absolute atomic E-state index is 5.70. The van der Waals surface area contributed by atoms with Crippen LogP contribution in [0.15, 0.2) is 18.6 Å². The van der Waals surface area contributed by atoms with Crippen molar-refractivity contribution in [3.05, 3.63) is 35.7 Å². The minimum Gasteiger partial charge on any atom is -0.457 e. The second-order valence-electron chi connectivity index (χ2n) is 7.54. The van der Waals surface area contributed by atoms with Gasteiger partial charge in [-0.3, -0.25) is 4.68 Å². The van der Waals surface area contributed by atoms with Gasteiger partial charge in [-0.1, -0.05) is 15.6 Å². The molecule has 0 N–H and O–H groups in total. The van der Waals surface area contributed by atoms with Gasteiger partial charge in [0.15, 0.2) is 0 Å². The Morgan fingerprint density at radius 2 is 1.15 bits per heavy atom. The SMILES string of the molecule is CC(C)n1cc(COc2nc(OCc3cn(C)nn3)nc(OCc3cn(C(C)S)nn3)n2)nn1. The predicted molar refractivity (Wildman–Crippen MR) is 118 cm³/mol. The van der Waals surface area contributed by atoms with Gasteiger partial charge in [0.05, 0.1) is 24.0 Å². The second kappa shape index (κ2) is 10.4. The lowest BCUT2D eigenvalue weighted by atomic mass is 10.4. The van der Waals surface area contributed by atoms with Crippen LogP contribution in [0.3, 0.4) is 0 Å². The van der Waals surface area contributed by atoms with Crippen molar-refractivity contribution in [2.24, 2.45) is 7.05 Å². The number of rotatable bonds is 11. The fourth-order valence-corrected chi connectivity index (χ4v) is 2.70. The van der Waals surface area contributed by atoms with Crippen molar-refractivity contribution in [2.75, 3.05) is 0 Å². The van der Waals surface area contributed by atoms with E-state index in [4.69, 9.17) is 14.2 Å². The minimum absolute atomic E-state index is 0.00143. The number of hydrogen-bond donors (Lipinski definition) is 1. The summed E-state index contributed by atoms with van der Waals surface area (Å²) in [4.78, 5) is 12.6. The number of ether oxygens (including phenoxy) is 3. The number of hydrogen-bond acceptors (Lipinski definition) is 13. The van der Waals surface area contributed by atoms with Gasteiger partial charge in [0.1, 0.15) is 36.9 Å². The molecule has 16 heteroatoms. The summed E-state index contributed by atoms with van der Waals surface area (Å²) in [5, 5.41) is 23.9. The minimum atomic E-state index is -0.117. The lowest BCUT2D eigenvalue weighted by Gasteiger charge is -2.08. The predicted octanol–water partition coefficient (Wildman–Crippen LogP) is 0.949. The number of thiol groups is 1. The normalized spacial score (nSPS) is 12.2. The highest BCUT2D eigenvalue weighted by atomic mass is 32.1. The molecule has 0 bridgehead atoms. The van der Waals surface area contributed by atoms with E-state index in [1.54, 1.807) is 39.7 Å². The molecule has 4 rings (SSSR count).